The van der Waals surface area contributed by atoms with Gasteiger partial charge in [-0.05, 0) is 42.8 Å². The molecule has 24 heavy (non-hydrogen) atoms. The maximum absolute atomic E-state index is 5.85. The summed E-state index contributed by atoms with van der Waals surface area (Å²) in [5.74, 6) is 2.55. The van der Waals surface area contributed by atoms with Crippen LogP contribution in [0.1, 0.15) is 19.8 Å². The molecular formula is C19H23N3O2. The number of benzene rings is 2. The van der Waals surface area contributed by atoms with Crippen molar-refractivity contribution in [1.82, 2.24) is 5.43 Å². The average Bonchev–Trinajstić information content (AvgIpc) is 3.11. The number of hydrogen-bond donors (Lipinski definition) is 1. The van der Waals surface area contributed by atoms with E-state index >= 15 is 0 Å². The molecule has 0 aliphatic carbocycles. The van der Waals surface area contributed by atoms with E-state index in [-0.39, 0.29) is 0 Å². The average molecular weight is 325 g/mol. The fraction of sp³-hybridized carbons (Fsp3) is 0.316. The quantitative estimate of drug-likeness (QED) is 0.753. The predicted octanol–water partition coefficient (Wildman–Crippen LogP) is 3.63. The van der Waals surface area contributed by atoms with Crippen LogP contribution in [0.25, 0.3) is 0 Å². The molecule has 5 nitrogen and oxygen atoms in total. The minimum absolute atomic E-state index is 0.415. The lowest BCUT2D eigenvalue weighted by Gasteiger charge is -2.19. The van der Waals surface area contributed by atoms with Gasteiger partial charge in [0.05, 0.1) is 6.61 Å². The highest BCUT2D eigenvalue weighted by atomic mass is 16.5. The zero-order chi connectivity index (χ0) is 16.6. The van der Waals surface area contributed by atoms with Crippen LogP contribution in [0.15, 0.2) is 59.7 Å². The SMILES string of the molecule is CCCCOc1ccc(OCC2=NNCN2c2ccccc2)cc1. The van der Waals surface area contributed by atoms with Crippen molar-refractivity contribution >= 4 is 11.5 Å². The molecule has 1 heterocycles. The van der Waals surface area contributed by atoms with Gasteiger partial charge in [-0.1, -0.05) is 31.5 Å². The Morgan fingerprint density at radius 1 is 1.00 bits per heavy atom. The van der Waals surface area contributed by atoms with Crippen LogP contribution < -0.4 is 19.8 Å². The summed E-state index contributed by atoms with van der Waals surface area (Å²) in [6.45, 7) is 3.98. The first-order valence-electron chi connectivity index (χ1n) is 8.34. The molecule has 5 heteroatoms. The van der Waals surface area contributed by atoms with E-state index in [0.717, 1.165) is 42.5 Å². The number of para-hydroxylation sites is 1. The first-order chi connectivity index (χ1) is 11.9. The summed E-state index contributed by atoms with van der Waals surface area (Å²) in [5.41, 5.74) is 4.11. The third-order valence-electron chi connectivity index (χ3n) is 3.77. The molecule has 1 N–H and O–H groups in total. The molecule has 126 valence electrons. The lowest BCUT2D eigenvalue weighted by Crippen LogP contribution is -2.32. The van der Waals surface area contributed by atoms with Gasteiger partial charge in [0.2, 0.25) is 0 Å². The van der Waals surface area contributed by atoms with Crippen LogP contribution in [-0.2, 0) is 0 Å². The molecule has 2 aromatic carbocycles. The summed E-state index contributed by atoms with van der Waals surface area (Å²) in [6.07, 6.45) is 2.20. The van der Waals surface area contributed by atoms with Gasteiger partial charge in [-0.2, -0.15) is 5.10 Å². The standard InChI is InChI=1S/C19H23N3O2/c1-2-3-13-23-17-9-11-18(12-10-17)24-14-19-21-20-15-22(19)16-7-5-4-6-8-16/h4-12,20H,2-3,13-15H2,1H3. The summed E-state index contributed by atoms with van der Waals surface area (Å²) in [5, 5.41) is 4.32. The van der Waals surface area contributed by atoms with Gasteiger partial charge in [0.15, 0.2) is 5.84 Å². The van der Waals surface area contributed by atoms with Crippen LogP contribution in [-0.4, -0.2) is 25.7 Å². The lowest BCUT2D eigenvalue weighted by molar-refractivity contribution is 0.308. The second-order valence-corrected chi connectivity index (χ2v) is 5.57. The highest BCUT2D eigenvalue weighted by Gasteiger charge is 2.18. The van der Waals surface area contributed by atoms with Gasteiger partial charge in [0.25, 0.3) is 0 Å². The van der Waals surface area contributed by atoms with Crippen molar-refractivity contribution in [2.45, 2.75) is 19.8 Å². The summed E-state index contributed by atoms with van der Waals surface area (Å²) < 4.78 is 11.5. The van der Waals surface area contributed by atoms with E-state index in [4.69, 9.17) is 9.47 Å². The Balaban J connectivity index is 1.53. The molecule has 0 spiro atoms. The Morgan fingerprint density at radius 3 is 2.42 bits per heavy atom. The first kappa shape index (κ1) is 16.2. The van der Waals surface area contributed by atoms with Gasteiger partial charge in [-0.15, -0.1) is 0 Å². The minimum Gasteiger partial charge on any atom is -0.494 e. The molecule has 0 bridgehead atoms. The van der Waals surface area contributed by atoms with Crippen molar-refractivity contribution in [2.75, 3.05) is 24.8 Å². The third kappa shape index (κ3) is 4.19. The number of amidine groups is 1. The monoisotopic (exact) mass is 325 g/mol. The summed E-state index contributed by atoms with van der Waals surface area (Å²) in [7, 11) is 0. The number of nitrogens with one attached hydrogen (secondary N) is 1. The van der Waals surface area contributed by atoms with Crippen LogP contribution in [0.4, 0.5) is 5.69 Å². The molecule has 0 saturated heterocycles. The fourth-order valence-corrected chi connectivity index (χ4v) is 2.42. The number of hydrazone groups is 1. The van der Waals surface area contributed by atoms with Gasteiger partial charge < -0.3 is 14.4 Å². The fourth-order valence-electron chi connectivity index (χ4n) is 2.42. The van der Waals surface area contributed by atoms with E-state index < -0.39 is 0 Å². The van der Waals surface area contributed by atoms with Gasteiger partial charge in [-0.25, -0.2) is 0 Å². The van der Waals surface area contributed by atoms with Gasteiger partial charge in [0, 0.05) is 5.69 Å². The van der Waals surface area contributed by atoms with Crippen molar-refractivity contribution in [2.24, 2.45) is 5.10 Å². The number of rotatable bonds is 8. The second kappa shape index (κ2) is 8.24. The third-order valence-corrected chi connectivity index (χ3v) is 3.77. The van der Waals surface area contributed by atoms with Gasteiger partial charge >= 0.3 is 0 Å². The Morgan fingerprint density at radius 2 is 1.71 bits per heavy atom. The van der Waals surface area contributed by atoms with Crippen LogP contribution >= 0.6 is 0 Å². The molecule has 0 saturated carbocycles. The lowest BCUT2D eigenvalue weighted by atomic mass is 10.3. The molecule has 1 aliphatic heterocycles. The van der Waals surface area contributed by atoms with Crippen molar-refractivity contribution in [1.29, 1.82) is 0 Å². The van der Waals surface area contributed by atoms with Crippen molar-refractivity contribution in [3.63, 3.8) is 0 Å². The van der Waals surface area contributed by atoms with E-state index in [1.165, 1.54) is 0 Å². The Labute approximate surface area is 142 Å². The largest absolute Gasteiger partial charge is 0.494 e. The van der Waals surface area contributed by atoms with Crippen LogP contribution in [0.5, 0.6) is 11.5 Å². The van der Waals surface area contributed by atoms with E-state index in [1.807, 2.05) is 42.5 Å². The highest BCUT2D eigenvalue weighted by molar-refractivity contribution is 5.99. The molecule has 0 atom stereocenters. The number of ether oxygens (including phenoxy) is 2. The van der Waals surface area contributed by atoms with Crippen LogP contribution in [0, 0.1) is 0 Å². The number of unbranched alkanes of at least 4 members (excludes halogenated alkanes) is 1. The Bertz CT molecular complexity index is 656. The Kier molecular flexibility index (Phi) is 5.56. The number of nitrogens with zero attached hydrogens (tertiary/aromatic N) is 2. The topological polar surface area (TPSA) is 46.1 Å². The molecule has 2 aromatic rings. The zero-order valence-corrected chi connectivity index (χ0v) is 13.9. The highest BCUT2D eigenvalue weighted by Crippen LogP contribution is 2.19. The Hall–Kier alpha value is -2.69. The normalized spacial score (nSPS) is 13.4. The molecule has 1 aliphatic rings. The van der Waals surface area contributed by atoms with Crippen molar-refractivity contribution in [3.8, 4) is 11.5 Å². The maximum atomic E-state index is 5.85. The van der Waals surface area contributed by atoms with Gasteiger partial charge in [-0.3, -0.25) is 5.43 Å². The van der Waals surface area contributed by atoms with Crippen molar-refractivity contribution in [3.05, 3.63) is 54.6 Å². The van der Waals surface area contributed by atoms with E-state index in [2.05, 4.69) is 34.5 Å². The zero-order valence-electron chi connectivity index (χ0n) is 13.9. The summed E-state index contributed by atoms with van der Waals surface area (Å²) in [6, 6.07) is 17.9. The smallest absolute Gasteiger partial charge is 0.168 e. The predicted molar refractivity (Wildman–Crippen MR) is 96.7 cm³/mol. The van der Waals surface area contributed by atoms with Crippen molar-refractivity contribution < 1.29 is 9.47 Å². The van der Waals surface area contributed by atoms with E-state index in [1.54, 1.807) is 0 Å². The number of hydrogen-bond acceptors (Lipinski definition) is 5. The molecule has 0 fully saturated rings. The molecule has 0 amide bonds. The molecule has 0 aromatic heterocycles. The molecule has 0 radical (unpaired) electrons. The van der Waals surface area contributed by atoms with Gasteiger partial charge in [0.1, 0.15) is 24.8 Å². The molecular weight excluding hydrogens is 302 g/mol. The maximum Gasteiger partial charge on any atom is 0.168 e. The molecule has 0 unspecified atom stereocenters. The molecule has 3 rings (SSSR count). The summed E-state index contributed by atoms with van der Waals surface area (Å²) in [4.78, 5) is 2.10. The summed E-state index contributed by atoms with van der Waals surface area (Å²) >= 11 is 0. The first-order valence-corrected chi connectivity index (χ1v) is 8.34. The minimum atomic E-state index is 0.415. The van der Waals surface area contributed by atoms with E-state index in [0.29, 0.717) is 13.3 Å². The number of anilines is 1. The second-order valence-electron chi connectivity index (χ2n) is 5.57. The van der Waals surface area contributed by atoms with Crippen LogP contribution in [0.2, 0.25) is 0 Å². The van der Waals surface area contributed by atoms with E-state index in [9.17, 15) is 0 Å². The van der Waals surface area contributed by atoms with Crippen LogP contribution in [0.3, 0.4) is 0 Å².